The van der Waals surface area contributed by atoms with Gasteiger partial charge in [-0.25, -0.2) is 0 Å². The molecular formula is C13H18ClNOS. The van der Waals surface area contributed by atoms with Gasteiger partial charge < -0.3 is 10.1 Å². The third kappa shape index (κ3) is 3.24. The lowest BCUT2D eigenvalue weighted by molar-refractivity contribution is 0.168. The van der Waals surface area contributed by atoms with Crippen molar-refractivity contribution >= 4 is 22.9 Å². The van der Waals surface area contributed by atoms with Crippen LogP contribution in [0, 0.1) is 0 Å². The minimum absolute atomic E-state index is 0.128. The van der Waals surface area contributed by atoms with Crippen LogP contribution in [0.1, 0.15) is 37.1 Å². The zero-order valence-corrected chi connectivity index (χ0v) is 11.6. The van der Waals surface area contributed by atoms with E-state index in [0.717, 1.165) is 48.1 Å². The van der Waals surface area contributed by atoms with Gasteiger partial charge in [0, 0.05) is 4.88 Å². The predicted molar refractivity (Wildman–Crippen MR) is 73.6 cm³/mol. The van der Waals surface area contributed by atoms with Crippen molar-refractivity contribution in [2.45, 2.75) is 32.2 Å². The van der Waals surface area contributed by atoms with Crippen LogP contribution in [0.4, 0.5) is 0 Å². The first-order chi connectivity index (χ1) is 8.33. The van der Waals surface area contributed by atoms with Crippen LogP contribution in [0.2, 0.25) is 5.02 Å². The highest BCUT2D eigenvalue weighted by Gasteiger charge is 2.22. The summed E-state index contributed by atoms with van der Waals surface area (Å²) in [6, 6.07) is 2.08. The summed E-state index contributed by atoms with van der Waals surface area (Å²) in [4.78, 5) is 1.16. The molecule has 2 nitrogen and oxygen atoms in total. The Morgan fingerprint density at radius 2 is 2.47 bits per heavy atom. The number of nitrogens with one attached hydrogen (secondary N) is 1. The van der Waals surface area contributed by atoms with Crippen molar-refractivity contribution in [3.8, 4) is 0 Å². The first-order valence-electron chi connectivity index (χ1n) is 6.12. The molecule has 2 rings (SSSR count). The second kappa shape index (κ2) is 6.43. The fourth-order valence-corrected chi connectivity index (χ4v) is 3.15. The van der Waals surface area contributed by atoms with Crippen molar-refractivity contribution in [2.24, 2.45) is 0 Å². The van der Waals surface area contributed by atoms with Gasteiger partial charge in [-0.1, -0.05) is 18.5 Å². The number of rotatable bonds is 5. The van der Waals surface area contributed by atoms with Gasteiger partial charge in [-0.15, -0.1) is 11.3 Å². The third-order valence-electron chi connectivity index (χ3n) is 2.75. The van der Waals surface area contributed by atoms with Gasteiger partial charge in [0.2, 0.25) is 0 Å². The summed E-state index contributed by atoms with van der Waals surface area (Å²) >= 11 is 7.91. The molecule has 0 fully saturated rings. The van der Waals surface area contributed by atoms with Crippen LogP contribution >= 0.6 is 22.9 Å². The van der Waals surface area contributed by atoms with E-state index in [9.17, 15) is 0 Å². The predicted octanol–water partition coefficient (Wildman–Crippen LogP) is 4.14. The van der Waals surface area contributed by atoms with E-state index in [1.165, 1.54) is 0 Å². The second-order valence-electron chi connectivity index (χ2n) is 4.12. The summed E-state index contributed by atoms with van der Waals surface area (Å²) < 4.78 is 5.76. The Morgan fingerprint density at radius 3 is 3.06 bits per heavy atom. The van der Waals surface area contributed by atoms with Gasteiger partial charge in [0.1, 0.15) is 11.8 Å². The second-order valence-corrected chi connectivity index (χ2v) is 5.47. The fraction of sp³-hybridized carbons (Fsp3) is 0.538. The third-order valence-corrected chi connectivity index (χ3v) is 4.18. The maximum Gasteiger partial charge on any atom is 0.114 e. The Bertz CT molecular complexity index is 389. The maximum atomic E-state index is 6.22. The Labute approximate surface area is 112 Å². The van der Waals surface area contributed by atoms with E-state index in [1.807, 2.05) is 11.4 Å². The fourth-order valence-electron chi connectivity index (χ4n) is 1.90. The quantitative estimate of drug-likeness (QED) is 0.869. The van der Waals surface area contributed by atoms with E-state index in [4.69, 9.17) is 16.3 Å². The van der Waals surface area contributed by atoms with Crippen molar-refractivity contribution in [3.05, 3.63) is 33.2 Å². The first-order valence-corrected chi connectivity index (χ1v) is 7.37. The summed E-state index contributed by atoms with van der Waals surface area (Å²) in [7, 11) is 0. The molecule has 94 valence electrons. The molecule has 1 aliphatic heterocycles. The molecule has 1 unspecified atom stereocenters. The lowest BCUT2D eigenvalue weighted by Gasteiger charge is -2.24. The van der Waals surface area contributed by atoms with Crippen LogP contribution in [0.5, 0.6) is 0 Å². The van der Waals surface area contributed by atoms with Gasteiger partial charge in [-0.2, -0.15) is 0 Å². The molecule has 1 aromatic heterocycles. The van der Waals surface area contributed by atoms with Crippen molar-refractivity contribution in [2.75, 3.05) is 13.2 Å². The number of hydrogen-bond acceptors (Lipinski definition) is 3. The monoisotopic (exact) mass is 271 g/mol. The van der Waals surface area contributed by atoms with Gasteiger partial charge >= 0.3 is 0 Å². The molecule has 0 aromatic carbocycles. The van der Waals surface area contributed by atoms with Gasteiger partial charge in [0.15, 0.2) is 0 Å². The summed E-state index contributed by atoms with van der Waals surface area (Å²) in [6.45, 7) is 3.95. The summed E-state index contributed by atoms with van der Waals surface area (Å²) in [5, 5.41) is 6.38. The Morgan fingerprint density at radius 1 is 1.59 bits per heavy atom. The van der Waals surface area contributed by atoms with E-state index in [0.29, 0.717) is 0 Å². The molecule has 0 amide bonds. The zero-order chi connectivity index (χ0) is 12.1. The van der Waals surface area contributed by atoms with Crippen molar-refractivity contribution in [1.29, 1.82) is 0 Å². The lowest BCUT2D eigenvalue weighted by atomic mass is 10.1. The molecule has 2 heterocycles. The smallest absolute Gasteiger partial charge is 0.114 e. The molecule has 0 saturated carbocycles. The number of hydrogen-bond donors (Lipinski definition) is 1. The van der Waals surface area contributed by atoms with Gasteiger partial charge in [-0.3, -0.25) is 0 Å². The van der Waals surface area contributed by atoms with E-state index < -0.39 is 0 Å². The zero-order valence-electron chi connectivity index (χ0n) is 10.0. The number of ether oxygens (including phenoxy) is 1. The van der Waals surface area contributed by atoms with Crippen LogP contribution in [0.3, 0.4) is 0 Å². The summed E-state index contributed by atoms with van der Waals surface area (Å²) in [5.74, 6) is 1.04. The maximum absolute atomic E-state index is 6.22. The molecule has 17 heavy (non-hydrogen) atoms. The first kappa shape index (κ1) is 12.9. The van der Waals surface area contributed by atoms with Crippen molar-refractivity contribution < 1.29 is 4.74 Å². The van der Waals surface area contributed by atoms with Gasteiger partial charge in [-0.05, 0) is 43.3 Å². The highest BCUT2D eigenvalue weighted by Crippen LogP contribution is 2.34. The summed E-state index contributed by atoms with van der Waals surface area (Å²) in [6.07, 6.45) is 5.50. The molecule has 4 heteroatoms. The molecule has 1 N–H and O–H groups in total. The van der Waals surface area contributed by atoms with Crippen LogP contribution in [-0.4, -0.2) is 13.2 Å². The number of thiophene rings is 1. The molecule has 1 aromatic rings. The van der Waals surface area contributed by atoms with E-state index >= 15 is 0 Å². The topological polar surface area (TPSA) is 21.3 Å². The van der Waals surface area contributed by atoms with Crippen LogP contribution in [0.25, 0.3) is 0 Å². The highest BCUT2D eigenvalue weighted by atomic mass is 35.5. The van der Waals surface area contributed by atoms with Crippen molar-refractivity contribution in [1.82, 2.24) is 5.32 Å². The Balaban J connectivity index is 2.18. The van der Waals surface area contributed by atoms with Gasteiger partial charge in [0.05, 0.1) is 11.6 Å². The van der Waals surface area contributed by atoms with E-state index in [1.54, 1.807) is 11.3 Å². The Hall–Kier alpha value is -0.510. The molecular weight excluding hydrogens is 254 g/mol. The largest absolute Gasteiger partial charge is 0.496 e. The SMILES string of the molecule is CCCNC(C1=CCCCO1)c1sccc1Cl. The average molecular weight is 272 g/mol. The molecule has 1 aliphatic rings. The minimum Gasteiger partial charge on any atom is -0.496 e. The molecule has 0 aliphatic carbocycles. The van der Waals surface area contributed by atoms with E-state index in [-0.39, 0.29) is 6.04 Å². The molecule has 0 bridgehead atoms. The standard InChI is InChI=1S/C13H18ClNOS/c1-2-7-15-12(11-5-3-4-8-16-11)13-10(14)6-9-17-13/h5-6,9,12,15H,2-4,7-8H2,1H3. The lowest BCUT2D eigenvalue weighted by Crippen LogP contribution is -2.25. The molecule has 0 saturated heterocycles. The highest BCUT2D eigenvalue weighted by molar-refractivity contribution is 7.10. The average Bonchev–Trinajstić information content (AvgIpc) is 2.78. The Kier molecular flexibility index (Phi) is 4.89. The van der Waals surface area contributed by atoms with Gasteiger partial charge in [0.25, 0.3) is 0 Å². The van der Waals surface area contributed by atoms with E-state index in [2.05, 4.69) is 18.3 Å². The van der Waals surface area contributed by atoms with Crippen LogP contribution in [-0.2, 0) is 4.74 Å². The normalized spacial score (nSPS) is 17.4. The number of halogens is 1. The molecule has 0 radical (unpaired) electrons. The minimum atomic E-state index is 0.128. The van der Waals surface area contributed by atoms with Crippen molar-refractivity contribution in [3.63, 3.8) is 0 Å². The van der Waals surface area contributed by atoms with Crippen LogP contribution < -0.4 is 5.32 Å². The molecule has 0 spiro atoms. The molecule has 1 atom stereocenters. The van der Waals surface area contributed by atoms with Crippen LogP contribution in [0.15, 0.2) is 23.3 Å². The number of allylic oxidation sites excluding steroid dienone is 1. The summed E-state index contributed by atoms with van der Waals surface area (Å²) in [5.41, 5.74) is 0.